The number of carbonyl (C=O) groups excluding carboxylic acids is 1. The Morgan fingerprint density at radius 1 is 1.28 bits per heavy atom. The summed E-state index contributed by atoms with van der Waals surface area (Å²) in [5, 5.41) is 2.99. The third kappa shape index (κ3) is 1.90. The van der Waals surface area contributed by atoms with Crippen molar-refractivity contribution < 1.29 is 4.79 Å². The van der Waals surface area contributed by atoms with Crippen LogP contribution in [-0.2, 0) is 4.79 Å². The molecule has 1 aromatic carbocycles. The Morgan fingerprint density at radius 3 is 2.83 bits per heavy atom. The first-order chi connectivity index (χ1) is 8.75. The average molecular weight is 242 g/mol. The molecule has 3 heteroatoms. The Labute approximate surface area is 107 Å². The molecule has 94 valence electrons. The Balaban J connectivity index is 1.81. The Bertz CT molecular complexity index is 492. The number of rotatable bonds is 2. The molecule has 1 unspecified atom stereocenters. The van der Waals surface area contributed by atoms with E-state index in [1.165, 1.54) is 12.1 Å². The molecular formula is C15H18N2O. The smallest absolute Gasteiger partial charge is 0.253 e. The molecule has 1 aromatic rings. The summed E-state index contributed by atoms with van der Waals surface area (Å²) in [6.45, 7) is 4.34. The van der Waals surface area contributed by atoms with E-state index < -0.39 is 0 Å². The van der Waals surface area contributed by atoms with Gasteiger partial charge in [0, 0.05) is 30.0 Å². The molecule has 1 N–H and O–H groups in total. The maximum absolute atomic E-state index is 12.3. The Hall–Kier alpha value is -1.77. The second-order valence-corrected chi connectivity index (χ2v) is 5.11. The van der Waals surface area contributed by atoms with Crippen molar-refractivity contribution in [3.63, 3.8) is 0 Å². The monoisotopic (exact) mass is 242 g/mol. The quantitative estimate of drug-likeness (QED) is 0.864. The third-order valence-corrected chi connectivity index (χ3v) is 3.89. The molecule has 3 nitrogen and oxygen atoms in total. The molecule has 1 fully saturated rings. The summed E-state index contributed by atoms with van der Waals surface area (Å²) >= 11 is 0. The molecule has 1 amide bonds. The summed E-state index contributed by atoms with van der Waals surface area (Å²) in [4.78, 5) is 14.7. The van der Waals surface area contributed by atoms with Crippen LogP contribution in [0.15, 0.2) is 41.6 Å². The third-order valence-electron chi connectivity index (χ3n) is 3.89. The van der Waals surface area contributed by atoms with Crippen molar-refractivity contribution in [2.45, 2.75) is 19.8 Å². The molecule has 18 heavy (non-hydrogen) atoms. The van der Waals surface area contributed by atoms with Crippen molar-refractivity contribution in [3.05, 3.63) is 41.6 Å². The number of nitrogens with zero attached hydrogens (tertiary/aromatic N) is 1. The number of amides is 1. The van der Waals surface area contributed by atoms with E-state index in [0.717, 1.165) is 30.8 Å². The van der Waals surface area contributed by atoms with Crippen molar-refractivity contribution >= 4 is 11.6 Å². The van der Waals surface area contributed by atoms with Gasteiger partial charge in [-0.3, -0.25) is 4.79 Å². The van der Waals surface area contributed by atoms with E-state index in [2.05, 4.69) is 17.1 Å². The van der Waals surface area contributed by atoms with Gasteiger partial charge in [0.1, 0.15) is 0 Å². The van der Waals surface area contributed by atoms with Gasteiger partial charge in [0.15, 0.2) is 0 Å². The highest BCUT2D eigenvalue weighted by Gasteiger charge is 2.34. The molecule has 0 saturated carbocycles. The zero-order valence-corrected chi connectivity index (χ0v) is 10.6. The molecule has 1 saturated heterocycles. The van der Waals surface area contributed by atoms with E-state index in [0.29, 0.717) is 5.92 Å². The summed E-state index contributed by atoms with van der Waals surface area (Å²) in [7, 11) is 0. The van der Waals surface area contributed by atoms with Crippen LogP contribution in [-0.4, -0.2) is 23.9 Å². The first kappa shape index (κ1) is 11.3. The number of anilines is 1. The maximum atomic E-state index is 12.3. The van der Waals surface area contributed by atoms with E-state index in [1.807, 2.05) is 30.3 Å². The van der Waals surface area contributed by atoms with Crippen molar-refractivity contribution in [2.24, 2.45) is 5.92 Å². The second-order valence-electron chi connectivity index (χ2n) is 5.11. The van der Waals surface area contributed by atoms with Crippen LogP contribution in [0.1, 0.15) is 19.8 Å². The highest BCUT2D eigenvalue weighted by Crippen LogP contribution is 2.36. The van der Waals surface area contributed by atoms with E-state index in [-0.39, 0.29) is 5.91 Å². The van der Waals surface area contributed by atoms with Gasteiger partial charge in [-0.05, 0) is 30.9 Å². The van der Waals surface area contributed by atoms with Crippen molar-refractivity contribution in [1.29, 1.82) is 0 Å². The second kappa shape index (κ2) is 4.48. The molecule has 2 heterocycles. The SMILES string of the molecule is CC1CCN2CCC(C(=O)Nc3ccccc3)=C12. The van der Waals surface area contributed by atoms with E-state index in [4.69, 9.17) is 0 Å². The normalized spacial score (nSPS) is 22.3. The van der Waals surface area contributed by atoms with Crippen LogP contribution in [0.4, 0.5) is 5.69 Å². The highest BCUT2D eigenvalue weighted by atomic mass is 16.1. The van der Waals surface area contributed by atoms with Gasteiger partial charge in [-0.25, -0.2) is 0 Å². The predicted octanol–water partition coefficient (Wildman–Crippen LogP) is 2.62. The average Bonchev–Trinajstić information content (AvgIpc) is 2.94. The summed E-state index contributed by atoms with van der Waals surface area (Å²) in [6.07, 6.45) is 2.07. The Kier molecular flexibility index (Phi) is 2.82. The fraction of sp³-hybridized carbons (Fsp3) is 0.400. The maximum Gasteiger partial charge on any atom is 0.253 e. The summed E-state index contributed by atoms with van der Waals surface area (Å²) < 4.78 is 0. The minimum Gasteiger partial charge on any atom is -0.374 e. The predicted molar refractivity (Wildman–Crippen MR) is 72.1 cm³/mol. The van der Waals surface area contributed by atoms with Gasteiger partial charge in [0.05, 0.1) is 0 Å². The van der Waals surface area contributed by atoms with E-state index in [9.17, 15) is 4.79 Å². The summed E-state index contributed by atoms with van der Waals surface area (Å²) in [6, 6.07) is 9.68. The van der Waals surface area contributed by atoms with Crippen molar-refractivity contribution in [1.82, 2.24) is 4.90 Å². The fourth-order valence-corrected chi connectivity index (χ4v) is 2.97. The lowest BCUT2D eigenvalue weighted by molar-refractivity contribution is -0.113. The van der Waals surface area contributed by atoms with Crippen LogP contribution in [0.2, 0.25) is 0 Å². The lowest BCUT2D eigenvalue weighted by Crippen LogP contribution is -2.16. The van der Waals surface area contributed by atoms with Gasteiger partial charge in [-0.1, -0.05) is 25.1 Å². The minimum atomic E-state index is 0.0763. The lowest BCUT2D eigenvalue weighted by atomic mass is 10.0. The zero-order chi connectivity index (χ0) is 12.5. The van der Waals surface area contributed by atoms with Crippen LogP contribution in [0.5, 0.6) is 0 Å². The van der Waals surface area contributed by atoms with Gasteiger partial charge in [-0.2, -0.15) is 0 Å². The van der Waals surface area contributed by atoms with Crippen LogP contribution in [0, 0.1) is 5.92 Å². The minimum absolute atomic E-state index is 0.0763. The largest absolute Gasteiger partial charge is 0.374 e. The fourth-order valence-electron chi connectivity index (χ4n) is 2.97. The number of para-hydroxylation sites is 1. The number of fused-ring (bicyclic) bond motifs is 1. The van der Waals surface area contributed by atoms with Gasteiger partial charge in [0.25, 0.3) is 5.91 Å². The van der Waals surface area contributed by atoms with Crippen molar-refractivity contribution in [2.75, 3.05) is 18.4 Å². The Morgan fingerprint density at radius 2 is 2.06 bits per heavy atom. The molecule has 3 rings (SSSR count). The molecule has 1 atom stereocenters. The molecule has 0 spiro atoms. The van der Waals surface area contributed by atoms with Gasteiger partial charge < -0.3 is 10.2 Å². The molecule has 0 radical (unpaired) electrons. The van der Waals surface area contributed by atoms with Crippen LogP contribution in [0.25, 0.3) is 0 Å². The standard InChI is InChI=1S/C15H18N2O/c1-11-7-9-17-10-8-13(14(11)17)15(18)16-12-5-3-2-4-6-12/h2-6,11H,7-10H2,1H3,(H,16,18). The van der Waals surface area contributed by atoms with Gasteiger partial charge in [0.2, 0.25) is 0 Å². The molecular weight excluding hydrogens is 224 g/mol. The number of hydrogen-bond acceptors (Lipinski definition) is 2. The summed E-state index contributed by atoms with van der Waals surface area (Å²) in [5.74, 6) is 0.608. The summed E-state index contributed by atoms with van der Waals surface area (Å²) in [5.41, 5.74) is 3.15. The van der Waals surface area contributed by atoms with Crippen LogP contribution < -0.4 is 5.32 Å². The van der Waals surface area contributed by atoms with Gasteiger partial charge in [-0.15, -0.1) is 0 Å². The number of nitrogens with one attached hydrogen (secondary N) is 1. The molecule has 0 bridgehead atoms. The number of carbonyl (C=O) groups is 1. The number of hydrogen-bond donors (Lipinski definition) is 1. The molecule has 2 aliphatic heterocycles. The topological polar surface area (TPSA) is 32.3 Å². The highest BCUT2D eigenvalue weighted by molar-refractivity contribution is 6.04. The number of allylic oxidation sites excluding steroid dienone is 1. The van der Waals surface area contributed by atoms with Gasteiger partial charge >= 0.3 is 0 Å². The number of benzene rings is 1. The van der Waals surface area contributed by atoms with Crippen molar-refractivity contribution in [3.8, 4) is 0 Å². The zero-order valence-electron chi connectivity index (χ0n) is 10.6. The van der Waals surface area contributed by atoms with Crippen LogP contribution in [0.3, 0.4) is 0 Å². The first-order valence-corrected chi connectivity index (χ1v) is 6.60. The molecule has 2 aliphatic rings. The van der Waals surface area contributed by atoms with E-state index in [1.54, 1.807) is 0 Å². The first-order valence-electron chi connectivity index (χ1n) is 6.60. The molecule has 0 aliphatic carbocycles. The van der Waals surface area contributed by atoms with Crippen LogP contribution >= 0.6 is 0 Å². The lowest BCUT2D eigenvalue weighted by Gasteiger charge is -2.14. The van der Waals surface area contributed by atoms with E-state index >= 15 is 0 Å². The molecule has 0 aromatic heterocycles.